The van der Waals surface area contributed by atoms with Gasteiger partial charge in [0.1, 0.15) is 12.3 Å². The summed E-state index contributed by atoms with van der Waals surface area (Å²) in [6.07, 6.45) is 14.8. The Balaban J connectivity index is 1.25. The van der Waals surface area contributed by atoms with Gasteiger partial charge in [0.2, 0.25) is 0 Å². The molecular formula is C28H47FO5. The van der Waals surface area contributed by atoms with Crippen molar-refractivity contribution < 1.29 is 28.2 Å². The van der Waals surface area contributed by atoms with Crippen LogP contribution < -0.4 is 0 Å². The third-order valence-electron chi connectivity index (χ3n) is 8.23. The maximum Gasteiger partial charge on any atom is 0.335 e. The summed E-state index contributed by atoms with van der Waals surface area (Å²) in [5, 5.41) is 0. The zero-order valence-corrected chi connectivity index (χ0v) is 21.3. The molecule has 0 N–H and O–H groups in total. The molecule has 3 fully saturated rings. The monoisotopic (exact) mass is 482 g/mol. The van der Waals surface area contributed by atoms with Crippen LogP contribution in [0.3, 0.4) is 0 Å². The van der Waals surface area contributed by atoms with E-state index in [9.17, 15) is 14.0 Å². The van der Waals surface area contributed by atoms with Crippen molar-refractivity contribution >= 4 is 11.9 Å². The van der Waals surface area contributed by atoms with Crippen molar-refractivity contribution in [2.24, 2.45) is 17.8 Å². The second-order valence-electron chi connectivity index (χ2n) is 10.8. The van der Waals surface area contributed by atoms with Gasteiger partial charge in [-0.2, -0.15) is 0 Å². The van der Waals surface area contributed by atoms with E-state index in [-0.39, 0.29) is 11.9 Å². The van der Waals surface area contributed by atoms with Crippen LogP contribution in [0.5, 0.6) is 0 Å². The van der Waals surface area contributed by atoms with Crippen LogP contribution in [-0.4, -0.2) is 43.5 Å². The van der Waals surface area contributed by atoms with Crippen molar-refractivity contribution in [1.29, 1.82) is 0 Å². The van der Waals surface area contributed by atoms with Crippen molar-refractivity contribution in [2.45, 2.75) is 134 Å². The quantitative estimate of drug-likeness (QED) is 0.216. The lowest BCUT2D eigenvalue weighted by Gasteiger charge is -2.38. The Labute approximate surface area is 205 Å². The minimum Gasteiger partial charge on any atom is -0.465 e. The van der Waals surface area contributed by atoms with Crippen LogP contribution in [-0.2, 0) is 23.8 Å². The third-order valence-corrected chi connectivity index (χ3v) is 8.23. The van der Waals surface area contributed by atoms with Gasteiger partial charge in [-0.05, 0) is 76.0 Å². The van der Waals surface area contributed by atoms with Gasteiger partial charge in [0, 0.05) is 6.61 Å². The molecule has 2 aliphatic carbocycles. The first-order valence-corrected chi connectivity index (χ1v) is 14.2. The van der Waals surface area contributed by atoms with Gasteiger partial charge in [0.15, 0.2) is 6.10 Å². The molecule has 0 aromatic heterocycles. The maximum atomic E-state index is 14.8. The van der Waals surface area contributed by atoms with E-state index in [1.165, 1.54) is 38.5 Å². The molecule has 4 unspecified atom stereocenters. The highest BCUT2D eigenvalue weighted by Gasteiger charge is 2.39. The Morgan fingerprint density at radius 2 is 1.50 bits per heavy atom. The summed E-state index contributed by atoms with van der Waals surface area (Å²) in [5.74, 6) is 0.367. The van der Waals surface area contributed by atoms with E-state index >= 15 is 0 Å². The fourth-order valence-electron chi connectivity index (χ4n) is 6.02. The predicted molar refractivity (Wildman–Crippen MR) is 130 cm³/mol. The van der Waals surface area contributed by atoms with E-state index in [1.54, 1.807) is 0 Å². The van der Waals surface area contributed by atoms with E-state index in [0.29, 0.717) is 44.3 Å². The molecule has 3 rings (SSSR count). The molecular weight excluding hydrogens is 435 g/mol. The van der Waals surface area contributed by atoms with Crippen LogP contribution in [0.2, 0.25) is 0 Å². The van der Waals surface area contributed by atoms with Crippen LogP contribution in [0.25, 0.3) is 0 Å². The molecule has 1 saturated heterocycles. The van der Waals surface area contributed by atoms with Crippen molar-refractivity contribution in [2.75, 3.05) is 13.2 Å². The van der Waals surface area contributed by atoms with Gasteiger partial charge in [-0.3, -0.25) is 4.79 Å². The fraction of sp³-hybridized carbons (Fsp3) is 0.929. The fourth-order valence-corrected chi connectivity index (χ4v) is 6.02. The van der Waals surface area contributed by atoms with Gasteiger partial charge in [0.25, 0.3) is 0 Å². The number of rotatable bonds is 13. The summed E-state index contributed by atoms with van der Waals surface area (Å²) in [6.45, 7) is 3.37. The molecule has 6 heteroatoms. The first-order chi connectivity index (χ1) is 16.6. The molecule has 4 atom stereocenters. The highest BCUT2D eigenvalue weighted by atomic mass is 19.1. The minimum absolute atomic E-state index is 0.00942. The molecule has 196 valence electrons. The molecule has 3 aliphatic rings. The van der Waals surface area contributed by atoms with E-state index in [2.05, 4.69) is 6.92 Å². The minimum atomic E-state index is -1.10. The molecule has 2 saturated carbocycles. The maximum absolute atomic E-state index is 14.8. The Bertz CT molecular complexity index is 598. The topological polar surface area (TPSA) is 61.8 Å². The zero-order valence-electron chi connectivity index (χ0n) is 21.3. The van der Waals surface area contributed by atoms with Crippen molar-refractivity contribution in [3.8, 4) is 0 Å². The van der Waals surface area contributed by atoms with E-state index in [4.69, 9.17) is 14.2 Å². The number of hydrogen-bond donors (Lipinski definition) is 0. The number of carbonyl (C=O) groups excluding carboxylic acids is 2. The highest BCUT2D eigenvalue weighted by Crippen LogP contribution is 2.41. The number of esters is 2. The Hall–Kier alpha value is -1.17. The summed E-state index contributed by atoms with van der Waals surface area (Å²) < 4.78 is 31.2. The van der Waals surface area contributed by atoms with Gasteiger partial charge < -0.3 is 14.2 Å². The van der Waals surface area contributed by atoms with Gasteiger partial charge in [-0.25, -0.2) is 9.18 Å². The average molecular weight is 483 g/mol. The predicted octanol–water partition coefficient (Wildman–Crippen LogP) is 6.71. The molecule has 1 aliphatic heterocycles. The molecule has 0 aromatic carbocycles. The SMILES string of the molecule is CCCCCCCCCCOC(=O)C1CCC(C2CCC(OC(=O)C3CCCO3)C(F)C2)CC1. The first kappa shape index (κ1) is 27.4. The summed E-state index contributed by atoms with van der Waals surface area (Å²) in [4.78, 5) is 24.6. The molecule has 5 nitrogen and oxygen atoms in total. The zero-order chi connectivity index (χ0) is 24.2. The van der Waals surface area contributed by atoms with E-state index < -0.39 is 24.3 Å². The Morgan fingerprint density at radius 1 is 0.824 bits per heavy atom. The largest absolute Gasteiger partial charge is 0.465 e. The molecule has 34 heavy (non-hydrogen) atoms. The second kappa shape index (κ2) is 15.1. The van der Waals surface area contributed by atoms with E-state index in [1.807, 2.05) is 0 Å². The number of unbranched alkanes of at least 4 members (excludes halogenated alkanes) is 7. The first-order valence-electron chi connectivity index (χ1n) is 14.2. The number of ether oxygens (including phenoxy) is 3. The lowest BCUT2D eigenvalue weighted by atomic mass is 9.70. The number of halogens is 1. The molecule has 1 heterocycles. The average Bonchev–Trinajstić information content (AvgIpc) is 3.39. The normalized spacial score (nSPS) is 31.8. The summed E-state index contributed by atoms with van der Waals surface area (Å²) in [7, 11) is 0. The standard InChI is InChI=1S/C28H47FO5/c1-2-3-4-5-6-7-8-9-18-33-27(30)22-14-12-21(13-15-22)23-16-17-25(24(29)20-23)34-28(31)26-11-10-19-32-26/h21-26H,2-20H2,1H3. The number of alkyl halides is 1. The molecule has 0 spiro atoms. The Morgan fingerprint density at radius 3 is 2.15 bits per heavy atom. The highest BCUT2D eigenvalue weighted by molar-refractivity contribution is 5.75. The summed E-state index contributed by atoms with van der Waals surface area (Å²) in [5.41, 5.74) is 0. The molecule has 0 bridgehead atoms. The van der Waals surface area contributed by atoms with Gasteiger partial charge in [-0.15, -0.1) is 0 Å². The lowest BCUT2D eigenvalue weighted by molar-refractivity contribution is -0.166. The summed E-state index contributed by atoms with van der Waals surface area (Å²) >= 11 is 0. The second-order valence-corrected chi connectivity index (χ2v) is 10.8. The lowest BCUT2D eigenvalue weighted by Crippen LogP contribution is -2.39. The van der Waals surface area contributed by atoms with E-state index in [0.717, 1.165) is 51.4 Å². The third kappa shape index (κ3) is 8.80. The smallest absolute Gasteiger partial charge is 0.335 e. The van der Waals surface area contributed by atoms with Crippen LogP contribution in [0.15, 0.2) is 0 Å². The molecule has 0 radical (unpaired) electrons. The van der Waals surface area contributed by atoms with Crippen LogP contribution >= 0.6 is 0 Å². The van der Waals surface area contributed by atoms with Crippen LogP contribution in [0, 0.1) is 17.8 Å². The summed E-state index contributed by atoms with van der Waals surface area (Å²) in [6, 6.07) is 0. The van der Waals surface area contributed by atoms with Gasteiger partial charge >= 0.3 is 11.9 Å². The van der Waals surface area contributed by atoms with Crippen LogP contribution in [0.1, 0.15) is 116 Å². The molecule has 0 amide bonds. The van der Waals surface area contributed by atoms with Crippen LogP contribution in [0.4, 0.5) is 4.39 Å². The Kier molecular flexibility index (Phi) is 12.1. The number of carbonyl (C=O) groups is 2. The van der Waals surface area contributed by atoms with Gasteiger partial charge in [-0.1, -0.05) is 51.9 Å². The van der Waals surface area contributed by atoms with Crippen molar-refractivity contribution in [3.05, 3.63) is 0 Å². The molecule has 0 aromatic rings. The van der Waals surface area contributed by atoms with Gasteiger partial charge in [0.05, 0.1) is 12.5 Å². The number of hydrogen-bond acceptors (Lipinski definition) is 5. The van der Waals surface area contributed by atoms with Crippen molar-refractivity contribution in [1.82, 2.24) is 0 Å². The van der Waals surface area contributed by atoms with Crippen molar-refractivity contribution in [3.63, 3.8) is 0 Å².